The second-order valence-electron chi connectivity index (χ2n) is 5.03. The molecule has 0 aromatic heterocycles. The van der Waals surface area contributed by atoms with Gasteiger partial charge in [-0.05, 0) is 26.3 Å². The lowest BCUT2D eigenvalue weighted by molar-refractivity contribution is 0.228. The third-order valence-electron chi connectivity index (χ3n) is 3.39. The molecule has 3 nitrogen and oxygen atoms in total. The topological polar surface area (TPSA) is 24.5 Å². The van der Waals surface area contributed by atoms with Gasteiger partial charge in [0.05, 0.1) is 6.61 Å². The Kier molecular flexibility index (Phi) is 4.61. The Morgan fingerprint density at radius 1 is 1.22 bits per heavy atom. The molecule has 0 bridgehead atoms. The summed E-state index contributed by atoms with van der Waals surface area (Å²) >= 11 is 0. The van der Waals surface area contributed by atoms with Gasteiger partial charge in [-0.2, -0.15) is 0 Å². The quantitative estimate of drug-likeness (QED) is 0.883. The number of hydrogen-bond donors (Lipinski definition) is 1. The fraction of sp³-hybridized carbons (Fsp3) is 0.600. The van der Waals surface area contributed by atoms with Crippen LogP contribution in [-0.2, 0) is 6.54 Å². The first kappa shape index (κ1) is 13.4. The second kappa shape index (κ2) is 6.21. The van der Waals surface area contributed by atoms with Crippen LogP contribution in [0.1, 0.15) is 23.6 Å². The minimum atomic E-state index is 0.735. The maximum Gasteiger partial charge on any atom is 0.126 e. The first-order valence-corrected chi connectivity index (χ1v) is 6.86. The van der Waals surface area contributed by atoms with Gasteiger partial charge < -0.3 is 10.1 Å². The summed E-state index contributed by atoms with van der Waals surface area (Å²) in [4.78, 5) is 2.49. The van der Waals surface area contributed by atoms with Crippen LogP contribution in [0.5, 0.6) is 5.75 Å². The van der Waals surface area contributed by atoms with Gasteiger partial charge >= 0.3 is 0 Å². The van der Waals surface area contributed by atoms with Crippen molar-refractivity contribution in [2.45, 2.75) is 27.3 Å². The summed E-state index contributed by atoms with van der Waals surface area (Å²) in [5.41, 5.74) is 3.90. The highest BCUT2D eigenvalue weighted by Crippen LogP contribution is 2.26. The number of nitrogens with one attached hydrogen (secondary N) is 1. The van der Waals surface area contributed by atoms with Crippen LogP contribution in [0.4, 0.5) is 0 Å². The molecule has 1 aliphatic heterocycles. The maximum absolute atomic E-state index is 5.82. The Morgan fingerprint density at radius 3 is 2.61 bits per heavy atom. The second-order valence-corrected chi connectivity index (χ2v) is 5.03. The molecule has 1 aromatic carbocycles. The van der Waals surface area contributed by atoms with E-state index in [-0.39, 0.29) is 0 Å². The molecule has 0 atom stereocenters. The lowest BCUT2D eigenvalue weighted by atomic mass is 10.0. The van der Waals surface area contributed by atoms with Crippen LogP contribution in [0.2, 0.25) is 0 Å². The van der Waals surface area contributed by atoms with Crippen molar-refractivity contribution in [3.05, 3.63) is 28.8 Å². The van der Waals surface area contributed by atoms with E-state index in [4.69, 9.17) is 4.74 Å². The first-order chi connectivity index (χ1) is 8.70. The van der Waals surface area contributed by atoms with Gasteiger partial charge in [-0.3, -0.25) is 4.90 Å². The molecule has 1 aliphatic rings. The lowest BCUT2D eigenvalue weighted by Gasteiger charge is -2.28. The van der Waals surface area contributed by atoms with Gasteiger partial charge in [0.15, 0.2) is 0 Å². The van der Waals surface area contributed by atoms with Crippen molar-refractivity contribution in [2.75, 3.05) is 32.8 Å². The van der Waals surface area contributed by atoms with E-state index in [1.54, 1.807) is 0 Å². The Hall–Kier alpha value is -1.06. The molecular weight excluding hydrogens is 224 g/mol. The van der Waals surface area contributed by atoms with Crippen molar-refractivity contribution < 1.29 is 4.74 Å². The van der Waals surface area contributed by atoms with Crippen LogP contribution in [0.15, 0.2) is 12.1 Å². The Labute approximate surface area is 110 Å². The largest absolute Gasteiger partial charge is 0.493 e. The van der Waals surface area contributed by atoms with E-state index >= 15 is 0 Å². The van der Waals surface area contributed by atoms with Crippen molar-refractivity contribution in [1.29, 1.82) is 0 Å². The summed E-state index contributed by atoms with van der Waals surface area (Å²) in [6, 6.07) is 4.46. The smallest absolute Gasteiger partial charge is 0.126 e. The van der Waals surface area contributed by atoms with Gasteiger partial charge in [0.2, 0.25) is 0 Å². The van der Waals surface area contributed by atoms with E-state index in [2.05, 4.69) is 36.2 Å². The molecule has 100 valence electrons. The van der Waals surface area contributed by atoms with Crippen LogP contribution in [0.3, 0.4) is 0 Å². The molecule has 3 heteroatoms. The zero-order chi connectivity index (χ0) is 13.0. The van der Waals surface area contributed by atoms with Crippen molar-refractivity contribution in [3.8, 4) is 5.75 Å². The average Bonchev–Trinajstić information content (AvgIpc) is 2.35. The number of hydrogen-bond acceptors (Lipinski definition) is 3. The Bertz CT molecular complexity index is 398. The van der Waals surface area contributed by atoms with Crippen LogP contribution >= 0.6 is 0 Å². The van der Waals surface area contributed by atoms with Crippen molar-refractivity contribution in [3.63, 3.8) is 0 Å². The van der Waals surface area contributed by atoms with E-state index in [1.165, 1.54) is 16.7 Å². The molecule has 2 rings (SSSR count). The Balaban J connectivity index is 2.18. The maximum atomic E-state index is 5.82. The number of benzene rings is 1. The van der Waals surface area contributed by atoms with Crippen molar-refractivity contribution in [1.82, 2.24) is 10.2 Å². The van der Waals surface area contributed by atoms with Gasteiger partial charge in [0.1, 0.15) is 5.75 Å². The van der Waals surface area contributed by atoms with Crippen molar-refractivity contribution >= 4 is 0 Å². The zero-order valence-electron chi connectivity index (χ0n) is 11.8. The van der Waals surface area contributed by atoms with Crippen LogP contribution in [0, 0.1) is 13.8 Å². The van der Waals surface area contributed by atoms with Gasteiger partial charge in [-0.25, -0.2) is 0 Å². The number of nitrogens with zero attached hydrogens (tertiary/aromatic N) is 1. The number of ether oxygens (including phenoxy) is 1. The predicted molar refractivity (Wildman–Crippen MR) is 75.2 cm³/mol. The molecule has 1 N–H and O–H groups in total. The molecule has 1 fully saturated rings. The zero-order valence-corrected chi connectivity index (χ0v) is 11.8. The summed E-state index contributed by atoms with van der Waals surface area (Å²) in [7, 11) is 0. The minimum absolute atomic E-state index is 0.735. The molecule has 1 aromatic rings. The van der Waals surface area contributed by atoms with Crippen LogP contribution in [-0.4, -0.2) is 37.7 Å². The van der Waals surface area contributed by atoms with Gasteiger partial charge in [0, 0.05) is 38.3 Å². The highest BCUT2D eigenvalue weighted by atomic mass is 16.5. The Morgan fingerprint density at radius 2 is 1.94 bits per heavy atom. The normalized spacial score (nSPS) is 16.8. The lowest BCUT2D eigenvalue weighted by Crippen LogP contribution is -2.42. The van der Waals surface area contributed by atoms with Gasteiger partial charge in [-0.1, -0.05) is 17.7 Å². The number of piperazine rings is 1. The van der Waals surface area contributed by atoms with E-state index in [0.29, 0.717) is 0 Å². The molecule has 0 unspecified atom stereocenters. The first-order valence-electron chi connectivity index (χ1n) is 6.86. The third-order valence-corrected chi connectivity index (χ3v) is 3.39. The van der Waals surface area contributed by atoms with Crippen molar-refractivity contribution in [2.24, 2.45) is 0 Å². The van der Waals surface area contributed by atoms with E-state index in [9.17, 15) is 0 Å². The third kappa shape index (κ3) is 3.24. The average molecular weight is 248 g/mol. The molecule has 18 heavy (non-hydrogen) atoms. The standard InChI is InChI=1S/C15H24N2O/c1-4-18-15-13(3)9-12(2)10-14(15)11-17-7-5-16-6-8-17/h9-10,16H,4-8,11H2,1-3H3. The number of rotatable bonds is 4. The van der Waals surface area contributed by atoms with E-state index in [0.717, 1.165) is 45.1 Å². The minimum Gasteiger partial charge on any atom is -0.493 e. The molecular formula is C15H24N2O. The highest BCUT2D eigenvalue weighted by molar-refractivity contribution is 5.43. The van der Waals surface area contributed by atoms with E-state index in [1.807, 2.05) is 6.92 Å². The monoisotopic (exact) mass is 248 g/mol. The van der Waals surface area contributed by atoms with Gasteiger partial charge in [-0.15, -0.1) is 0 Å². The molecule has 1 saturated heterocycles. The van der Waals surface area contributed by atoms with E-state index < -0.39 is 0 Å². The van der Waals surface area contributed by atoms with Gasteiger partial charge in [0.25, 0.3) is 0 Å². The van der Waals surface area contributed by atoms with Crippen LogP contribution < -0.4 is 10.1 Å². The summed E-state index contributed by atoms with van der Waals surface area (Å²) in [6.07, 6.45) is 0. The highest BCUT2D eigenvalue weighted by Gasteiger charge is 2.14. The van der Waals surface area contributed by atoms with Crippen LogP contribution in [0.25, 0.3) is 0 Å². The molecule has 1 heterocycles. The summed E-state index contributed by atoms with van der Waals surface area (Å²) in [5.74, 6) is 1.08. The predicted octanol–water partition coefficient (Wildman–Crippen LogP) is 2.11. The fourth-order valence-electron chi connectivity index (χ4n) is 2.62. The summed E-state index contributed by atoms with van der Waals surface area (Å²) in [6.45, 7) is 12.5. The fourth-order valence-corrected chi connectivity index (χ4v) is 2.62. The molecule has 0 spiro atoms. The summed E-state index contributed by atoms with van der Waals surface area (Å²) < 4.78 is 5.82. The molecule has 0 saturated carbocycles. The SMILES string of the molecule is CCOc1c(C)cc(C)cc1CN1CCNCC1. The number of aryl methyl sites for hydroxylation is 2. The summed E-state index contributed by atoms with van der Waals surface area (Å²) in [5, 5.41) is 3.39. The molecule has 0 amide bonds. The molecule has 0 radical (unpaired) electrons. The molecule has 0 aliphatic carbocycles.